The van der Waals surface area contributed by atoms with Gasteiger partial charge in [-0.1, -0.05) is 110 Å². The van der Waals surface area contributed by atoms with Crippen molar-refractivity contribution in [1.29, 1.82) is 0 Å². The molecule has 3 saturated carbocycles. The Morgan fingerprint density at radius 3 is 1.28 bits per heavy atom. The molecule has 8 heterocycles. The van der Waals surface area contributed by atoms with Gasteiger partial charge in [-0.25, -0.2) is 26.5 Å². The van der Waals surface area contributed by atoms with Gasteiger partial charge in [-0.15, -0.1) is 10.2 Å². The van der Waals surface area contributed by atoms with Gasteiger partial charge in [0.1, 0.15) is 42.8 Å². The summed E-state index contributed by atoms with van der Waals surface area (Å²) >= 11 is 19.4. The number of aryl methyl sites for hydroxylation is 4. The van der Waals surface area contributed by atoms with Crippen LogP contribution in [-0.2, 0) is 104 Å². The number of allylic oxidation sites excluding steroid dienone is 3. The molecule has 0 saturated heterocycles. The lowest BCUT2D eigenvalue weighted by molar-refractivity contribution is -0.146. The number of nitrogens with one attached hydrogen (secondary N) is 3. The predicted molar refractivity (Wildman–Crippen MR) is 564 cm³/mol. The molecule has 27 nitrogen and oxygen atoms in total. The molecule has 0 radical (unpaired) electrons. The summed E-state index contributed by atoms with van der Waals surface area (Å²) in [5.41, 5.74) is 10.7. The number of sulfonamides is 1. The van der Waals surface area contributed by atoms with E-state index in [4.69, 9.17) is 67.6 Å². The Morgan fingerprint density at radius 2 is 0.909 bits per heavy atom. The Kier molecular flexibility index (Phi) is 31.8. The molecular formula is C110H137Cl3N12O15S3. The first kappa shape index (κ1) is 103. The fraction of sp³-hybridized carbons (Fsp3) is 0.527. The number of nitrogens with zero attached hydrogens (tertiary/aromatic N) is 9. The van der Waals surface area contributed by atoms with Crippen LogP contribution in [-0.4, -0.2) is 196 Å². The second kappa shape index (κ2) is 44.1. The monoisotopic (exact) mass is 2070 g/mol. The molecule has 3 fully saturated rings. The SMILES string of the molecule is C=S1(=O)NC(=O)c2ccc3c(c2)N(C[C@@H]2CC[C@H]2[C@@H](OCc2ncco2)/C=C/CC[C@H]1CC)C[C@@]1(CCCc2cc(Cl)ccc21)CO3.C=S1(=O)NC(=O)c2ccc3c(c2)N(C[C@@H]2CC[C@H]2[C@@H](O[C@@H](C)C(=O)N(C)C)/C=C/CC[C@H]1CC)C[C@@]1(CCCc2cc(Cl)ccc21)CO3.CC[C@@H]1CC/C=C/[C@H](OCc2nnn(C)n2)[C@@H]2CC[C@H]2CN2C[C@@]3(CCCc4cc(Cl)ccc43)COc3ccc(cc32)C(=O)NS1(=O)=O. The number of hydrogen-bond donors (Lipinski definition) is 3. The summed E-state index contributed by atoms with van der Waals surface area (Å²) in [5.74, 6) is 11.6. The number of hydrogen-bond acceptors (Lipinski definition) is 22. The summed E-state index contributed by atoms with van der Waals surface area (Å²) in [5, 5.41) is 13.3. The van der Waals surface area contributed by atoms with Crippen molar-refractivity contribution in [3.8, 4) is 17.2 Å². The van der Waals surface area contributed by atoms with E-state index in [1.165, 1.54) is 38.2 Å². The van der Waals surface area contributed by atoms with Crippen molar-refractivity contribution in [2.75, 3.05) is 87.9 Å². The normalized spacial score (nSPS) is 30.7. The molecule has 12 aliphatic rings. The highest BCUT2D eigenvalue weighted by Crippen LogP contribution is 2.53. The number of oxazole rings is 1. The fourth-order valence-corrected chi connectivity index (χ4v) is 29.6. The van der Waals surface area contributed by atoms with E-state index >= 15 is 0 Å². The summed E-state index contributed by atoms with van der Waals surface area (Å²) in [7, 11) is -4.51. The highest BCUT2D eigenvalue weighted by atomic mass is 35.5. The Labute approximate surface area is 857 Å². The van der Waals surface area contributed by atoms with Gasteiger partial charge < -0.3 is 52.4 Å². The van der Waals surface area contributed by atoms with Crippen LogP contribution < -0.4 is 43.1 Å². The zero-order valence-electron chi connectivity index (χ0n) is 83.2. The molecule has 766 valence electrons. The molecule has 8 aromatic rings. The second-order valence-corrected chi connectivity index (χ2v) is 49.8. The Hall–Kier alpha value is -9.76. The largest absolute Gasteiger partial charge is 0.490 e. The molecular weight excluding hydrogens is 1930 g/mol. The van der Waals surface area contributed by atoms with Crippen LogP contribution >= 0.6 is 34.8 Å². The minimum atomic E-state index is -3.91. The van der Waals surface area contributed by atoms with E-state index in [0.717, 1.165) is 173 Å². The standard InChI is InChI=1S/C38H50ClN3O5S.C37H44ClN3O5S.C35H43ClN6O5S/c1-6-30-11-7-8-12-34(47-25(2)37(44)41(3)4)31-16-13-28(31)22-42-23-38(19-9-10-26-20-29(39)15-17-32(26)38)24-46-35-18-14-27(21-33(35)42)36(43)40-48(30,5)45;1-3-29-8-4-5-9-33(45-22-35-39-17-18-44-35)30-13-10-27(30)21-41-23-37(16-6-7-25-19-28(38)12-14-31(25)37)24-46-34-15-11-26(20-32(34)41)36(42)40-47(29,2)43;1-3-27-8-4-5-9-31(46-20-33-37-40-41(2)38-33)28-13-10-25(28)19-42-21-35(16-6-7-23-17-26(36)12-14-29(23)35)22-47-32-15-11-24(18-30(32)42)34(43)39-48(27,44)45/h8,12,14-15,17-18,20-21,25,28,30-31,34H,5-7,9-11,13,16,19,22-24H2,1-4H3,(H,40,43,45);5,9,11-12,14-15,17-20,27,29-30,33H,2-4,6-8,10,13,16,21-24H2,1H3,(H,40,42,43);5,9,11-12,14-15,17-18,25,27-28,31H,3-4,6-8,10,13,16,19-22H2,1-2H3,(H,39,43)/b12-8+;2*9-5+/t25-,28-,30+,31+,34-,38-,48?;27-,29+,30+,33-,37-,47?;25-,27+,28+,31-,35-/m000/s1. The summed E-state index contributed by atoms with van der Waals surface area (Å²) in [6.45, 7) is 14.2. The molecule has 3 N–H and O–H groups in total. The first-order valence-corrected chi connectivity index (χ1v) is 57.6. The van der Waals surface area contributed by atoms with Gasteiger partial charge in [-0.3, -0.25) is 28.6 Å². The number of carbonyl (C=O) groups excluding carboxylic acids is 4. The summed E-state index contributed by atoms with van der Waals surface area (Å²) in [4.78, 5) is 68.2. The number of anilines is 3. The minimum absolute atomic E-state index is 0.0610. The number of likely N-dealkylation sites (N-methyl/N-ethyl adjacent to an activating group) is 1. The van der Waals surface area contributed by atoms with Crippen molar-refractivity contribution in [3.63, 3.8) is 0 Å². The maximum Gasteiger partial charge on any atom is 0.264 e. The van der Waals surface area contributed by atoms with Crippen LogP contribution in [0.2, 0.25) is 15.1 Å². The van der Waals surface area contributed by atoms with Gasteiger partial charge in [0.2, 0.25) is 15.9 Å². The van der Waals surface area contributed by atoms with Crippen LogP contribution in [0.4, 0.5) is 17.1 Å². The molecule has 3 spiro atoms. The number of ether oxygens (including phenoxy) is 6. The van der Waals surface area contributed by atoms with Gasteiger partial charge in [0, 0.05) is 112 Å². The quantitative estimate of drug-likeness (QED) is 0.0756. The summed E-state index contributed by atoms with van der Waals surface area (Å²) < 4.78 is 107. The summed E-state index contributed by atoms with van der Waals surface area (Å²) in [6.07, 6.45) is 35.2. The Bertz CT molecular complexity index is 6440. The van der Waals surface area contributed by atoms with Crippen LogP contribution in [0.3, 0.4) is 0 Å². The number of fused-ring (bicyclic) bond motifs is 12. The number of amides is 4. The fourth-order valence-electron chi connectivity index (χ4n) is 24.3. The lowest BCUT2D eigenvalue weighted by Crippen LogP contribution is -2.50. The second-order valence-electron chi connectivity index (χ2n) is 41.9. The number of benzene rings is 6. The topological polar surface area (TPSA) is 311 Å². The highest BCUT2D eigenvalue weighted by Gasteiger charge is 2.51. The zero-order chi connectivity index (χ0) is 100. The van der Waals surface area contributed by atoms with Crippen molar-refractivity contribution in [2.24, 2.45) is 42.6 Å². The third-order valence-electron chi connectivity index (χ3n) is 32.5. The smallest absolute Gasteiger partial charge is 0.264 e. The molecule has 20 rings (SSSR count). The predicted octanol–water partition coefficient (Wildman–Crippen LogP) is 18.2. The maximum atomic E-state index is 13.9. The molecule has 2 unspecified atom stereocenters. The van der Waals surface area contributed by atoms with Gasteiger partial charge in [-0.05, 0) is 338 Å². The molecule has 33 heteroatoms. The third-order valence-corrected chi connectivity index (χ3v) is 39.5. The molecule has 6 aliphatic carbocycles. The van der Waals surface area contributed by atoms with Crippen LogP contribution in [0, 0.1) is 35.5 Å². The minimum Gasteiger partial charge on any atom is -0.490 e. The molecule has 6 aromatic carbocycles. The van der Waals surface area contributed by atoms with Crippen LogP contribution in [0.5, 0.6) is 17.2 Å². The van der Waals surface area contributed by atoms with E-state index < -0.39 is 46.7 Å². The van der Waals surface area contributed by atoms with Crippen molar-refractivity contribution in [1.82, 2.24) is 44.3 Å². The van der Waals surface area contributed by atoms with Crippen LogP contribution in [0.15, 0.2) is 163 Å². The van der Waals surface area contributed by atoms with E-state index in [2.05, 4.69) is 128 Å². The maximum absolute atomic E-state index is 13.9. The number of rotatable bonds is 12. The van der Waals surface area contributed by atoms with Gasteiger partial charge >= 0.3 is 0 Å². The average molecular weight is 2070 g/mol. The molecule has 18 atom stereocenters. The Balaban J connectivity index is 0.000000141. The number of aromatic nitrogens is 5. The highest BCUT2D eigenvalue weighted by molar-refractivity contribution is 8.00. The molecule has 143 heavy (non-hydrogen) atoms. The van der Waals surface area contributed by atoms with Crippen LogP contribution in [0.1, 0.15) is 239 Å². The van der Waals surface area contributed by atoms with Gasteiger partial charge in [0.05, 0.1) is 93.1 Å². The van der Waals surface area contributed by atoms with Crippen molar-refractivity contribution < 1.29 is 68.9 Å². The molecule has 6 bridgehead atoms. The van der Waals surface area contributed by atoms with Gasteiger partial charge in [-0.2, -0.15) is 4.80 Å². The van der Waals surface area contributed by atoms with E-state index in [-0.39, 0.29) is 81.2 Å². The molecule has 4 amide bonds. The van der Waals surface area contributed by atoms with Crippen LogP contribution in [0.25, 0.3) is 0 Å². The molecule has 2 aromatic heterocycles. The van der Waals surface area contributed by atoms with Crippen molar-refractivity contribution >= 4 is 117 Å². The van der Waals surface area contributed by atoms with E-state index in [0.29, 0.717) is 149 Å². The average Bonchev–Trinajstić information content (AvgIpc) is 1.66. The van der Waals surface area contributed by atoms with Crippen molar-refractivity contribution in [3.05, 3.63) is 235 Å². The number of halogens is 3. The van der Waals surface area contributed by atoms with E-state index in [1.54, 1.807) is 62.8 Å². The summed E-state index contributed by atoms with van der Waals surface area (Å²) in [6, 6.07) is 35.2. The zero-order valence-corrected chi connectivity index (χ0v) is 87.9. The van der Waals surface area contributed by atoms with E-state index in [9.17, 15) is 36.0 Å². The van der Waals surface area contributed by atoms with Gasteiger partial charge in [0.25, 0.3) is 23.6 Å². The lowest BCUT2D eigenvalue weighted by atomic mass is 9.68. The number of carbonyl (C=O) groups is 4. The lowest BCUT2D eigenvalue weighted by Gasteiger charge is -2.46. The first-order chi connectivity index (χ1) is 68.8. The number of tetrazole rings is 1. The first-order valence-electron chi connectivity index (χ1n) is 51.3. The third kappa shape index (κ3) is 22.9. The molecule has 6 aliphatic heterocycles. The van der Waals surface area contributed by atoms with Gasteiger partial charge in [0.15, 0.2) is 5.82 Å². The van der Waals surface area contributed by atoms with Crippen molar-refractivity contribution in [2.45, 2.75) is 251 Å². The van der Waals surface area contributed by atoms with E-state index in [1.807, 2.05) is 82.3 Å². The Morgan fingerprint density at radius 1 is 0.517 bits per heavy atom.